The maximum Gasteiger partial charge on any atom is 0.344 e. The Bertz CT molecular complexity index is 777. The lowest BCUT2D eigenvalue weighted by Gasteiger charge is -2.15. The molecule has 0 bridgehead atoms. The summed E-state index contributed by atoms with van der Waals surface area (Å²) in [7, 11) is 0. The van der Waals surface area contributed by atoms with E-state index in [1.165, 1.54) is 0 Å². The number of amides is 1. The zero-order valence-electron chi connectivity index (χ0n) is 14.3. The van der Waals surface area contributed by atoms with Gasteiger partial charge in [-0.1, -0.05) is 24.3 Å². The van der Waals surface area contributed by atoms with Crippen LogP contribution >= 0.6 is 0 Å². The van der Waals surface area contributed by atoms with Gasteiger partial charge in [-0.3, -0.25) is 4.79 Å². The van der Waals surface area contributed by atoms with Crippen molar-refractivity contribution < 1.29 is 28.5 Å². The zero-order valence-corrected chi connectivity index (χ0v) is 14.3. The summed E-state index contributed by atoms with van der Waals surface area (Å²) in [5, 5.41) is 2.76. The molecule has 2 aromatic carbocycles. The Balaban J connectivity index is 1.41. The minimum absolute atomic E-state index is 0.195. The van der Waals surface area contributed by atoms with Crippen molar-refractivity contribution in [3.63, 3.8) is 0 Å². The minimum Gasteiger partial charge on any atom is -0.482 e. The molecule has 136 valence electrons. The number of hydrogen-bond donors (Lipinski definition) is 1. The molecule has 0 fully saturated rings. The van der Waals surface area contributed by atoms with Crippen molar-refractivity contribution in [2.45, 2.75) is 13.0 Å². The second kappa shape index (κ2) is 8.24. The van der Waals surface area contributed by atoms with Crippen molar-refractivity contribution in [3.8, 4) is 17.2 Å². The standard InChI is InChI=1S/C19H19NO6/c1-13(14-7-8-16-17(9-14)26-12-25-16)20-18(21)10-24-19(22)11-23-15-5-3-2-4-6-15/h2-9,13H,10-12H2,1H3,(H,20,21)/t13-/m1/s1. The molecule has 3 rings (SSSR count). The smallest absolute Gasteiger partial charge is 0.344 e. The lowest BCUT2D eigenvalue weighted by molar-refractivity contribution is -0.150. The van der Waals surface area contributed by atoms with Crippen LogP contribution in [0, 0.1) is 0 Å². The Morgan fingerprint density at radius 1 is 1.08 bits per heavy atom. The number of carbonyl (C=O) groups excluding carboxylic acids is 2. The predicted octanol–water partition coefficient (Wildman–Crippen LogP) is 2.21. The van der Waals surface area contributed by atoms with Crippen LogP contribution in [0.4, 0.5) is 0 Å². The van der Waals surface area contributed by atoms with Crippen LogP contribution in [0.2, 0.25) is 0 Å². The lowest BCUT2D eigenvalue weighted by Crippen LogP contribution is -2.31. The Morgan fingerprint density at radius 3 is 2.65 bits per heavy atom. The largest absolute Gasteiger partial charge is 0.482 e. The molecule has 1 aliphatic heterocycles. The summed E-state index contributed by atoms with van der Waals surface area (Å²) in [5.74, 6) is 0.876. The highest BCUT2D eigenvalue weighted by atomic mass is 16.7. The molecule has 2 aromatic rings. The molecule has 26 heavy (non-hydrogen) atoms. The number of ether oxygens (including phenoxy) is 4. The van der Waals surface area contributed by atoms with Crippen LogP contribution in [0.1, 0.15) is 18.5 Å². The average Bonchev–Trinajstić information content (AvgIpc) is 3.13. The molecule has 0 saturated heterocycles. The van der Waals surface area contributed by atoms with Crippen molar-refractivity contribution in [3.05, 3.63) is 54.1 Å². The molecule has 0 aliphatic carbocycles. The maximum atomic E-state index is 12.0. The van der Waals surface area contributed by atoms with Gasteiger partial charge in [0, 0.05) is 0 Å². The highest BCUT2D eigenvalue weighted by Crippen LogP contribution is 2.34. The van der Waals surface area contributed by atoms with Crippen molar-refractivity contribution in [1.29, 1.82) is 0 Å². The Morgan fingerprint density at radius 2 is 1.85 bits per heavy atom. The first-order chi connectivity index (χ1) is 12.6. The fourth-order valence-electron chi connectivity index (χ4n) is 2.40. The van der Waals surface area contributed by atoms with E-state index in [-0.39, 0.29) is 26.0 Å². The topological polar surface area (TPSA) is 83.1 Å². The van der Waals surface area contributed by atoms with E-state index in [0.29, 0.717) is 17.2 Å². The third-order valence-electron chi connectivity index (χ3n) is 3.74. The van der Waals surface area contributed by atoms with E-state index >= 15 is 0 Å². The van der Waals surface area contributed by atoms with Gasteiger partial charge in [0.05, 0.1) is 6.04 Å². The van der Waals surface area contributed by atoms with Crippen molar-refractivity contribution in [1.82, 2.24) is 5.32 Å². The fourth-order valence-corrected chi connectivity index (χ4v) is 2.40. The molecular formula is C19H19NO6. The van der Waals surface area contributed by atoms with Crippen LogP contribution in [0.3, 0.4) is 0 Å². The van der Waals surface area contributed by atoms with Crippen LogP contribution < -0.4 is 19.5 Å². The average molecular weight is 357 g/mol. The molecule has 0 radical (unpaired) electrons. The highest BCUT2D eigenvalue weighted by molar-refractivity contribution is 5.81. The van der Waals surface area contributed by atoms with Gasteiger partial charge in [0.2, 0.25) is 6.79 Å². The molecule has 0 saturated carbocycles. The number of esters is 1. The van der Waals surface area contributed by atoms with Gasteiger partial charge in [0.1, 0.15) is 5.75 Å². The van der Waals surface area contributed by atoms with Gasteiger partial charge in [-0.05, 0) is 36.8 Å². The molecule has 0 unspecified atom stereocenters. The first kappa shape index (κ1) is 17.6. The third-order valence-corrected chi connectivity index (χ3v) is 3.74. The first-order valence-electron chi connectivity index (χ1n) is 8.14. The summed E-state index contributed by atoms with van der Waals surface area (Å²) in [5.41, 5.74) is 0.862. The quantitative estimate of drug-likeness (QED) is 0.765. The van der Waals surface area contributed by atoms with E-state index in [4.69, 9.17) is 18.9 Å². The van der Waals surface area contributed by atoms with Crippen LogP contribution in [0.5, 0.6) is 17.2 Å². The SMILES string of the molecule is C[C@@H](NC(=O)COC(=O)COc1ccccc1)c1ccc2c(c1)OCO2. The second-order valence-electron chi connectivity index (χ2n) is 5.66. The highest BCUT2D eigenvalue weighted by Gasteiger charge is 2.17. The molecule has 7 nitrogen and oxygen atoms in total. The van der Waals surface area contributed by atoms with E-state index < -0.39 is 11.9 Å². The summed E-state index contributed by atoms with van der Waals surface area (Å²) in [6, 6.07) is 14.1. The number of nitrogens with one attached hydrogen (secondary N) is 1. The van der Waals surface area contributed by atoms with Gasteiger partial charge < -0.3 is 24.3 Å². The number of fused-ring (bicyclic) bond motifs is 1. The summed E-state index contributed by atoms with van der Waals surface area (Å²) < 4.78 is 20.8. The van der Waals surface area contributed by atoms with Gasteiger partial charge >= 0.3 is 5.97 Å². The second-order valence-corrected chi connectivity index (χ2v) is 5.66. The molecule has 0 spiro atoms. The minimum atomic E-state index is -0.611. The Hall–Kier alpha value is -3.22. The number of hydrogen-bond acceptors (Lipinski definition) is 6. The van der Waals surface area contributed by atoms with E-state index in [1.54, 1.807) is 30.3 Å². The number of benzene rings is 2. The van der Waals surface area contributed by atoms with Crippen molar-refractivity contribution in [2.24, 2.45) is 0 Å². The summed E-state index contributed by atoms with van der Waals surface area (Å²) in [6.07, 6.45) is 0. The molecule has 1 aliphatic rings. The van der Waals surface area contributed by atoms with E-state index in [1.807, 2.05) is 25.1 Å². The van der Waals surface area contributed by atoms with E-state index in [2.05, 4.69) is 5.32 Å². The molecule has 1 atom stereocenters. The molecule has 1 N–H and O–H groups in total. The molecule has 7 heteroatoms. The van der Waals surface area contributed by atoms with Gasteiger partial charge in [-0.2, -0.15) is 0 Å². The van der Waals surface area contributed by atoms with E-state index in [9.17, 15) is 9.59 Å². The predicted molar refractivity (Wildman–Crippen MR) is 92.0 cm³/mol. The normalized spacial score (nSPS) is 13.0. The van der Waals surface area contributed by atoms with Crippen LogP contribution in [-0.2, 0) is 14.3 Å². The molecule has 0 aromatic heterocycles. The molecular weight excluding hydrogens is 338 g/mol. The lowest BCUT2D eigenvalue weighted by atomic mass is 10.1. The monoisotopic (exact) mass is 357 g/mol. The number of carbonyl (C=O) groups is 2. The van der Waals surface area contributed by atoms with Gasteiger partial charge in [0.25, 0.3) is 5.91 Å². The van der Waals surface area contributed by atoms with Gasteiger partial charge in [0.15, 0.2) is 24.7 Å². The van der Waals surface area contributed by atoms with Crippen LogP contribution in [0.15, 0.2) is 48.5 Å². The van der Waals surface area contributed by atoms with Crippen molar-refractivity contribution >= 4 is 11.9 Å². The fraction of sp³-hybridized carbons (Fsp3) is 0.263. The first-order valence-corrected chi connectivity index (χ1v) is 8.14. The van der Waals surface area contributed by atoms with Crippen LogP contribution in [-0.4, -0.2) is 31.9 Å². The molecule has 1 heterocycles. The zero-order chi connectivity index (χ0) is 18.4. The number of para-hydroxylation sites is 1. The summed E-state index contributed by atoms with van der Waals surface area (Å²) in [4.78, 5) is 23.6. The number of rotatable bonds is 7. The summed E-state index contributed by atoms with van der Waals surface area (Å²) >= 11 is 0. The van der Waals surface area contributed by atoms with Crippen LogP contribution in [0.25, 0.3) is 0 Å². The van der Waals surface area contributed by atoms with Crippen molar-refractivity contribution in [2.75, 3.05) is 20.0 Å². The van der Waals surface area contributed by atoms with E-state index in [0.717, 1.165) is 5.56 Å². The van der Waals surface area contributed by atoms with Gasteiger partial charge in [-0.25, -0.2) is 4.79 Å². The summed E-state index contributed by atoms with van der Waals surface area (Å²) in [6.45, 7) is 1.40. The Labute approximate surface area is 150 Å². The van der Waals surface area contributed by atoms with Gasteiger partial charge in [-0.15, -0.1) is 0 Å². The molecule has 1 amide bonds. The Kier molecular flexibility index (Phi) is 5.58. The third kappa shape index (κ3) is 4.66. The maximum absolute atomic E-state index is 12.0.